The van der Waals surface area contributed by atoms with Gasteiger partial charge in [0.25, 0.3) is 5.91 Å². The van der Waals surface area contributed by atoms with Gasteiger partial charge in [-0.15, -0.1) is 0 Å². The minimum atomic E-state index is -0.468. The Morgan fingerprint density at radius 1 is 1.11 bits per heavy atom. The standard InChI is InChI=1S/C21H29N3O4/c1-22-20(26)24-9-3-6-18(15-24)16-4-2-5-17(14-16)19(25)23-10-7-21(8-11-23)27-12-13-28-21/h2,4-5,14,18H,3,6-13,15H2,1H3,(H,22,26). The molecule has 1 aromatic carbocycles. The van der Waals surface area contributed by atoms with Crippen molar-refractivity contribution in [3.8, 4) is 0 Å². The number of urea groups is 1. The van der Waals surface area contributed by atoms with Gasteiger partial charge in [-0.05, 0) is 30.5 Å². The van der Waals surface area contributed by atoms with Gasteiger partial charge in [0.15, 0.2) is 5.79 Å². The topological polar surface area (TPSA) is 71.1 Å². The van der Waals surface area contributed by atoms with E-state index in [0.29, 0.717) is 32.8 Å². The molecule has 152 valence electrons. The smallest absolute Gasteiger partial charge is 0.317 e. The number of hydrogen-bond acceptors (Lipinski definition) is 4. The molecule has 1 aromatic rings. The van der Waals surface area contributed by atoms with E-state index in [1.165, 1.54) is 0 Å². The van der Waals surface area contributed by atoms with Crippen LogP contribution in [0.15, 0.2) is 24.3 Å². The quantitative estimate of drug-likeness (QED) is 0.844. The maximum atomic E-state index is 13.0. The molecule has 28 heavy (non-hydrogen) atoms. The Balaban J connectivity index is 1.42. The van der Waals surface area contributed by atoms with E-state index in [1.807, 2.05) is 28.0 Å². The molecule has 0 radical (unpaired) electrons. The van der Waals surface area contributed by atoms with Gasteiger partial charge < -0.3 is 24.6 Å². The Bertz CT molecular complexity index is 722. The number of nitrogens with one attached hydrogen (secondary N) is 1. The van der Waals surface area contributed by atoms with E-state index >= 15 is 0 Å². The fourth-order valence-corrected chi connectivity index (χ4v) is 4.54. The first-order valence-corrected chi connectivity index (χ1v) is 10.2. The minimum Gasteiger partial charge on any atom is -0.347 e. The number of nitrogens with zero attached hydrogens (tertiary/aromatic N) is 2. The number of likely N-dealkylation sites (tertiary alicyclic amines) is 2. The first kappa shape index (κ1) is 19.2. The van der Waals surface area contributed by atoms with Gasteiger partial charge in [-0.25, -0.2) is 4.79 Å². The average Bonchev–Trinajstić information content (AvgIpc) is 3.21. The Hall–Kier alpha value is -2.12. The zero-order valence-electron chi connectivity index (χ0n) is 16.5. The van der Waals surface area contributed by atoms with Crippen LogP contribution in [0.3, 0.4) is 0 Å². The second-order valence-corrected chi connectivity index (χ2v) is 7.87. The normalized spacial score (nSPS) is 24.4. The third-order valence-electron chi connectivity index (χ3n) is 6.15. The first-order valence-electron chi connectivity index (χ1n) is 10.2. The van der Waals surface area contributed by atoms with Gasteiger partial charge in [-0.1, -0.05) is 12.1 Å². The number of rotatable bonds is 2. The van der Waals surface area contributed by atoms with E-state index in [1.54, 1.807) is 7.05 Å². The van der Waals surface area contributed by atoms with E-state index in [9.17, 15) is 9.59 Å². The average molecular weight is 387 g/mol. The summed E-state index contributed by atoms with van der Waals surface area (Å²) in [6.07, 6.45) is 3.46. The van der Waals surface area contributed by atoms with Gasteiger partial charge in [0, 0.05) is 57.5 Å². The Morgan fingerprint density at radius 2 is 1.86 bits per heavy atom. The number of carbonyl (C=O) groups is 2. The molecule has 0 saturated carbocycles. The fourth-order valence-electron chi connectivity index (χ4n) is 4.54. The third-order valence-corrected chi connectivity index (χ3v) is 6.15. The molecule has 1 spiro atoms. The molecule has 0 aliphatic carbocycles. The van der Waals surface area contributed by atoms with Crippen molar-refractivity contribution in [1.82, 2.24) is 15.1 Å². The van der Waals surface area contributed by atoms with E-state index < -0.39 is 5.79 Å². The van der Waals surface area contributed by atoms with E-state index in [0.717, 1.165) is 43.4 Å². The predicted molar refractivity (Wildman–Crippen MR) is 104 cm³/mol. The van der Waals surface area contributed by atoms with Crippen molar-refractivity contribution in [2.24, 2.45) is 0 Å². The highest BCUT2D eigenvalue weighted by molar-refractivity contribution is 5.94. The maximum absolute atomic E-state index is 13.0. The van der Waals surface area contributed by atoms with Crippen LogP contribution in [0.25, 0.3) is 0 Å². The summed E-state index contributed by atoms with van der Waals surface area (Å²) in [6.45, 7) is 4.06. The maximum Gasteiger partial charge on any atom is 0.317 e. The Kier molecular flexibility index (Phi) is 5.55. The SMILES string of the molecule is CNC(=O)N1CCCC(c2cccc(C(=O)N3CCC4(CC3)OCCO4)c2)C1. The molecule has 4 rings (SSSR count). The number of carbonyl (C=O) groups excluding carboxylic acids is 2. The molecule has 0 aromatic heterocycles. The lowest BCUT2D eigenvalue weighted by atomic mass is 9.89. The number of amides is 3. The van der Waals surface area contributed by atoms with Crippen LogP contribution >= 0.6 is 0 Å². The van der Waals surface area contributed by atoms with Gasteiger partial charge in [-0.3, -0.25) is 4.79 Å². The van der Waals surface area contributed by atoms with Crippen LogP contribution in [0.5, 0.6) is 0 Å². The summed E-state index contributed by atoms with van der Waals surface area (Å²) >= 11 is 0. The molecular weight excluding hydrogens is 358 g/mol. The highest BCUT2D eigenvalue weighted by Gasteiger charge is 2.40. The molecular formula is C21H29N3O4. The van der Waals surface area contributed by atoms with Gasteiger partial charge in [-0.2, -0.15) is 0 Å². The fraction of sp³-hybridized carbons (Fsp3) is 0.619. The zero-order chi connectivity index (χ0) is 19.6. The molecule has 1 unspecified atom stereocenters. The lowest BCUT2D eigenvalue weighted by molar-refractivity contribution is -0.181. The molecule has 1 atom stereocenters. The second-order valence-electron chi connectivity index (χ2n) is 7.87. The number of hydrogen-bond donors (Lipinski definition) is 1. The molecule has 3 aliphatic heterocycles. The number of piperidine rings is 2. The predicted octanol–water partition coefficient (Wildman–Crippen LogP) is 2.18. The molecule has 3 saturated heterocycles. The molecule has 3 amide bonds. The lowest BCUT2D eigenvalue weighted by Gasteiger charge is -2.37. The Morgan fingerprint density at radius 3 is 2.57 bits per heavy atom. The molecule has 3 heterocycles. The van der Waals surface area contributed by atoms with Gasteiger partial charge >= 0.3 is 6.03 Å². The van der Waals surface area contributed by atoms with E-state index in [4.69, 9.17) is 9.47 Å². The van der Waals surface area contributed by atoms with Crippen LogP contribution in [-0.2, 0) is 9.47 Å². The van der Waals surface area contributed by atoms with Crippen LogP contribution < -0.4 is 5.32 Å². The van der Waals surface area contributed by atoms with Crippen molar-refractivity contribution < 1.29 is 19.1 Å². The molecule has 7 nitrogen and oxygen atoms in total. The molecule has 3 aliphatic rings. The van der Waals surface area contributed by atoms with Crippen LogP contribution in [0.4, 0.5) is 4.79 Å². The summed E-state index contributed by atoms with van der Waals surface area (Å²) in [5.41, 5.74) is 1.86. The summed E-state index contributed by atoms with van der Waals surface area (Å²) in [5, 5.41) is 2.71. The van der Waals surface area contributed by atoms with Crippen molar-refractivity contribution in [3.63, 3.8) is 0 Å². The molecule has 0 bridgehead atoms. The minimum absolute atomic E-state index is 0.0319. The van der Waals surface area contributed by atoms with Gasteiger partial charge in [0.2, 0.25) is 0 Å². The Labute approximate surface area is 166 Å². The summed E-state index contributed by atoms with van der Waals surface area (Å²) in [4.78, 5) is 28.7. The van der Waals surface area contributed by atoms with Crippen molar-refractivity contribution >= 4 is 11.9 Å². The van der Waals surface area contributed by atoms with Crippen molar-refractivity contribution in [2.75, 3.05) is 46.4 Å². The summed E-state index contributed by atoms with van der Waals surface area (Å²) < 4.78 is 11.5. The zero-order valence-corrected chi connectivity index (χ0v) is 16.5. The first-order chi connectivity index (χ1) is 13.6. The van der Waals surface area contributed by atoms with E-state index in [-0.39, 0.29) is 17.9 Å². The van der Waals surface area contributed by atoms with Crippen molar-refractivity contribution in [3.05, 3.63) is 35.4 Å². The van der Waals surface area contributed by atoms with Crippen molar-refractivity contribution in [2.45, 2.75) is 37.4 Å². The highest BCUT2D eigenvalue weighted by Crippen LogP contribution is 2.32. The van der Waals surface area contributed by atoms with Crippen LogP contribution in [0, 0.1) is 0 Å². The second kappa shape index (κ2) is 8.09. The monoisotopic (exact) mass is 387 g/mol. The van der Waals surface area contributed by atoms with Crippen molar-refractivity contribution in [1.29, 1.82) is 0 Å². The number of benzene rings is 1. The van der Waals surface area contributed by atoms with E-state index in [2.05, 4.69) is 11.4 Å². The highest BCUT2D eigenvalue weighted by atomic mass is 16.7. The summed E-state index contributed by atoms with van der Waals surface area (Å²) in [6, 6.07) is 7.89. The van der Waals surface area contributed by atoms with Crippen LogP contribution in [0.2, 0.25) is 0 Å². The molecule has 3 fully saturated rings. The molecule has 1 N–H and O–H groups in total. The van der Waals surface area contributed by atoms with Gasteiger partial charge in [0.05, 0.1) is 13.2 Å². The lowest BCUT2D eigenvalue weighted by Crippen LogP contribution is -2.47. The summed E-state index contributed by atoms with van der Waals surface area (Å²) in [7, 11) is 1.66. The van der Waals surface area contributed by atoms with Gasteiger partial charge in [0.1, 0.15) is 0 Å². The third kappa shape index (κ3) is 3.86. The van der Waals surface area contributed by atoms with Crippen LogP contribution in [0.1, 0.15) is 47.5 Å². The molecule has 7 heteroatoms. The van der Waals surface area contributed by atoms with Crippen LogP contribution in [-0.4, -0.2) is 74.0 Å². The number of ether oxygens (including phenoxy) is 2. The largest absolute Gasteiger partial charge is 0.347 e. The summed E-state index contributed by atoms with van der Waals surface area (Å²) in [5.74, 6) is -0.137.